The van der Waals surface area contributed by atoms with E-state index in [2.05, 4.69) is 0 Å². The Balaban J connectivity index is 1.54. The summed E-state index contributed by atoms with van der Waals surface area (Å²) in [5.74, 6) is 1.46. The number of nitro benzene ring substituents is 1. The van der Waals surface area contributed by atoms with Gasteiger partial charge in [0.2, 0.25) is 0 Å². The number of nitrogens with zero attached hydrogens (tertiary/aromatic N) is 2. The highest BCUT2D eigenvalue weighted by molar-refractivity contribution is 6.30. The van der Waals surface area contributed by atoms with Crippen molar-refractivity contribution in [2.45, 2.75) is 6.54 Å². The lowest BCUT2D eigenvalue weighted by Crippen LogP contribution is -2.30. The monoisotopic (exact) mass is 400 g/mol. The summed E-state index contributed by atoms with van der Waals surface area (Å²) >= 11 is 5.89. The number of carbonyl (C=O) groups excluding carboxylic acids is 1. The lowest BCUT2D eigenvalue weighted by atomic mass is 10.2. The fourth-order valence-corrected chi connectivity index (χ4v) is 2.60. The summed E-state index contributed by atoms with van der Waals surface area (Å²) in [5, 5.41) is 11.3. The van der Waals surface area contributed by atoms with Crippen molar-refractivity contribution < 1.29 is 18.9 Å². The van der Waals surface area contributed by atoms with Crippen LogP contribution in [0.4, 0.5) is 5.69 Å². The molecule has 0 unspecified atom stereocenters. The molecule has 28 heavy (non-hydrogen) atoms. The van der Waals surface area contributed by atoms with Crippen LogP contribution in [0.15, 0.2) is 65.1 Å². The number of rotatable bonds is 7. The summed E-state index contributed by atoms with van der Waals surface area (Å²) in [7, 11) is 1.64. The van der Waals surface area contributed by atoms with Gasteiger partial charge in [-0.2, -0.15) is 0 Å². The van der Waals surface area contributed by atoms with Crippen LogP contribution in [-0.2, 0) is 11.3 Å². The van der Waals surface area contributed by atoms with Crippen LogP contribution in [0.3, 0.4) is 0 Å². The van der Waals surface area contributed by atoms with Crippen molar-refractivity contribution in [3.63, 3.8) is 0 Å². The molecule has 1 aromatic heterocycles. The Kier molecular flexibility index (Phi) is 5.96. The van der Waals surface area contributed by atoms with Crippen molar-refractivity contribution in [2.24, 2.45) is 0 Å². The summed E-state index contributed by atoms with van der Waals surface area (Å²) in [6, 6.07) is 16.5. The minimum absolute atomic E-state index is 0.0369. The number of nitro groups is 1. The van der Waals surface area contributed by atoms with Crippen LogP contribution in [-0.4, -0.2) is 29.4 Å². The molecule has 3 rings (SSSR count). The fraction of sp³-hybridized carbons (Fsp3) is 0.150. The first kappa shape index (κ1) is 19.4. The van der Waals surface area contributed by atoms with E-state index in [1.54, 1.807) is 19.2 Å². The number of halogens is 1. The molecule has 0 aliphatic rings. The Labute approximate surface area is 166 Å². The van der Waals surface area contributed by atoms with Gasteiger partial charge in [0.15, 0.2) is 6.61 Å². The van der Waals surface area contributed by atoms with Crippen molar-refractivity contribution >= 4 is 23.2 Å². The number of hydrogen-bond acceptors (Lipinski definition) is 5. The maximum absolute atomic E-state index is 12.2. The number of carbonyl (C=O) groups is 1. The number of furan rings is 1. The van der Waals surface area contributed by atoms with Crippen molar-refractivity contribution in [3.05, 3.63) is 81.6 Å². The first-order valence-corrected chi connectivity index (χ1v) is 8.76. The zero-order valence-electron chi connectivity index (χ0n) is 15.0. The molecule has 144 valence electrons. The first-order chi connectivity index (χ1) is 13.4. The summed E-state index contributed by atoms with van der Waals surface area (Å²) in [5.41, 5.74) is 0.858. The van der Waals surface area contributed by atoms with Gasteiger partial charge in [0.25, 0.3) is 11.6 Å². The fourth-order valence-electron chi connectivity index (χ4n) is 2.47. The maximum atomic E-state index is 12.2. The largest absolute Gasteiger partial charge is 0.484 e. The molecule has 8 heteroatoms. The molecule has 0 saturated heterocycles. The van der Waals surface area contributed by atoms with Crippen molar-refractivity contribution in [1.29, 1.82) is 0 Å². The van der Waals surface area contributed by atoms with Crippen LogP contribution in [0.25, 0.3) is 11.3 Å². The molecule has 0 aliphatic carbocycles. The van der Waals surface area contributed by atoms with Gasteiger partial charge in [0.05, 0.1) is 11.5 Å². The number of non-ortho nitro benzene ring substituents is 1. The zero-order valence-corrected chi connectivity index (χ0v) is 15.8. The lowest BCUT2D eigenvalue weighted by Gasteiger charge is -2.16. The molecule has 3 aromatic rings. The van der Waals surface area contributed by atoms with Crippen LogP contribution in [0.5, 0.6) is 5.75 Å². The van der Waals surface area contributed by atoms with Gasteiger partial charge >= 0.3 is 0 Å². The Morgan fingerprint density at radius 2 is 1.79 bits per heavy atom. The molecule has 0 bridgehead atoms. The van der Waals surface area contributed by atoms with E-state index in [9.17, 15) is 14.9 Å². The summed E-state index contributed by atoms with van der Waals surface area (Å²) < 4.78 is 11.2. The topological polar surface area (TPSA) is 85.8 Å². The SMILES string of the molecule is CN(Cc1ccc(-c2ccc(Cl)cc2)o1)C(=O)COc1ccc([N+](=O)[O-])cc1. The van der Waals surface area contributed by atoms with Gasteiger partial charge in [-0.3, -0.25) is 14.9 Å². The number of amides is 1. The Morgan fingerprint density at radius 3 is 2.43 bits per heavy atom. The number of ether oxygens (including phenoxy) is 1. The van der Waals surface area contributed by atoms with E-state index >= 15 is 0 Å². The molecular weight excluding hydrogens is 384 g/mol. The van der Waals surface area contributed by atoms with Crippen LogP contribution < -0.4 is 4.74 Å². The smallest absolute Gasteiger partial charge is 0.269 e. The molecule has 1 amide bonds. The van der Waals surface area contributed by atoms with Gasteiger partial charge in [-0.1, -0.05) is 11.6 Å². The average Bonchev–Trinajstić information content (AvgIpc) is 3.15. The molecule has 0 saturated carbocycles. The average molecular weight is 401 g/mol. The molecule has 0 N–H and O–H groups in total. The van der Waals surface area contributed by atoms with Crippen LogP contribution >= 0.6 is 11.6 Å². The van der Waals surface area contributed by atoms with Crippen molar-refractivity contribution in [2.75, 3.05) is 13.7 Å². The molecule has 7 nitrogen and oxygen atoms in total. The summed E-state index contributed by atoms with van der Waals surface area (Å²) in [4.78, 5) is 23.9. The van der Waals surface area contributed by atoms with E-state index in [1.807, 2.05) is 24.3 Å². The second-order valence-corrected chi connectivity index (χ2v) is 6.50. The van der Waals surface area contributed by atoms with Gasteiger partial charge in [-0.05, 0) is 48.5 Å². The van der Waals surface area contributed by atoms with Crippen molar-refractivity contribution in [1.82, 2.24) is 4.90 Å². The molecule has 0 atom stereocenters. The van der Waals surface area contributed by atoms with E-state index in [4.69, 9.17) is 20.8 Å². The Morgan fingerprint density at radius 1 is 1.11 bits per heavy atom. The Hall–Kier alpha value is -3.32. The van der Waals surface area contributed by atoms with Gasteiger partial charge in [0, 0.05) is 29.8 Å². The third-order valence-corrected chi connectivity index (χ3v) is 4.27. The standard InChI is InChI=1S/C20H17ClN2O5/c1-22(20(24)13-27-17-8-6-16(7-9-17)23(25)26)12-18-10-11-19(28-18)14-2-4-15(21)5-3-14/h2-11H,12-13H2,1H3. The molecule has 0 aliphatic heterocycles. The van der Waals surface area contributed by atoms with Crippen molar-refractivity contribution in [3.8, 4) is 17.1 Å². The number of benzene rings is 2. The van der Waals surface area contributed by atoms with E-state index in [0.717, 1.165) is 5.56 Å². The zero-order chi connectivity index (χ0) is 20.1. The normalized spacial score (nSPS) is 10.5. The van der Waals surface area contributed by atoms with E-state index < -0.39 is 4.92 Å². The predicted octanol–water partition coefficient (Wildman–Crippen LogP) is 4.55. The van der Waals surface area contributed by atoms with Crippen LogP contribution in [0.1, 0.15) is 5.76 Å². The minimum Gasteiger partial charge on any atom is -0.484 e. The maximum Gasteiger partial charge on any atom is 0.269 e. The first-order valence-electron chi connectivity index (χ1n) is 8.38. The number of hydrogen-bond donors (Lipinski definition) is 0. The lowest BCUT2D eigenvalue weighted by molar-refractivity contribution is -0.384. The van der Waals surface area contributed by atoms with Crippen LogP contribution in [0.2, 0.25) is 5.02 Å². The van der Waals surface area contributed by atoms with Gasteiger partial charge < -0.3 is 14.1 Å². The van der Waals surface area contributed by atoms with Gasteiger partial charge in [-0.15, -0.1) is 0 Å². The molecule has 0 spiro atoms. The summed E-state index contributed by atoms with van der Waals surface area (Å²) in [6.07, 6.45) is 0. The predicted molar refractivity (Wildman–Crippen MR) is 104 cm³/mol. The highest BCUT2D eigenvalue weighted by Crippen LogP contribution is 2.24. The third-order valence-electron chi connectivity index (χ3n) is 4.02. The second-order valence-electron chi connectivity index (χ2n) is 6.06. The van der Waals surface area contributed by atoms with Crippen LogP contribution in [0, 0.1) is 10.1 Å². The molecule has 2 aromatic carbocycles. The molecule has 0 fully saturated rings. The van der Waals surface area contributed by atoms with E-state index in [1.165, 1.54) is 29.2 Å². The third kappa shape index (κ3) is 4.89. The van der Waals surface area contributed by atoms with Gasteiger partial charge in [0.1, 0.15) is 17.3 Å². The number of likely N-dealkylation sites (N-methyl/N-ethyl adjacent to an activating group) is 1. The molecule has 1 heterocycles. The highest BCUT2D eigenvalue weighted by Gasteiger charge is 2.14. The second kappa shape index (κ2) is 8.58. The minimum atomic E-state index is -0.496. The molecule has 0 radical (unpaired) electrons. The van der Waals surface area contributed by atoms with E-state index in [-0.39, 0.29) is 24.7 Å². The highest BCUT2D eigenvalue weighted by atomic mass is 35.5. The van der Waals surface area contributed by atoms with Gasteiger partial charge in [-0.25, -0.2) is 0 Å². The Bertz CT molecular complexity index is 967. The summed E-state index contributed by atoms with van der Waals surface area (Å²) in [6.45, 7) is 0.106. The molecular formula is C20H17ClN2O5. The quantitative estimate of drug-likeness (QED) is 0.429. The van der Waals surface area contributed by atoms with E-state index in [0.29, 0.717) is 22.3 Å².